The Balaban J connectivity index is 2.41. The predicted molar refractivity (Wildman–Crippen MR) is 68.4 cm³/mol. The van der Waals surface area contributed by atoms with Crippen molar-refractivity contribution in [1.29, 1.82) is 0 Å². The third-order valence-electron chi connectivity index (χ3n) is 2.33. The molecular formula is C13H8BrF2NO2. The highest BCUT2D eigenvalue weighted by Gasteiger charge is 2.17. The molecule has 0 aliphatic rings. The second-order valence-corrected chi connectivity index (χ2v) is 4.51. The van der Waals surface area contributed by atoms with Crippen LogP contribution >= 0.6 is 15.9 Å². The van der Waals surface area contributed by atoms with E-state index in [1.807, 2.05) is 0 Å². The number of pyridine rings is 1. The first-order valence-electron chi connectivity index (χ1n) is 5.27. The van der Waals surface area contributed by atoms with Gasteiger partial charge in [0.2, 0.25) is 0 Å². The Morgan fingerprint density at radius 1 is 1.32 bits per heavy atom. The third kappa shape index (κ3) is 3.35. The van der Waals surface area contributed by atoms with Gasteiger partial charge in [0.05, 0.1) is 5.56 Å². The Hall–Kier alpha value is -1.82. The number of nitrogens with zero attached hydrogens (tertiary/aromatic N) is 1. The molecule has 0 atom stereocenters. The average Bonchev–Trinajstić information content (AvgIpc) is 2.38. The molecule has 3 nitrogen and oxygen atoms in total. The van der Waals surface area contributed by atoms with Crippen LogP contribution in [0.1, 0.15) is 15.9 Å². The molecule has 0 saturated carbocycles. The Bertz CT molecular complexity index is 590. The topological polar surface area (TPSA) is 39.2 Å². The van der Waals surface area contributed by atoms with Gasteiger partial charge in [-0.1, -0.05) is 15.9 Å². The van der Waals surface area contributed by atoms with E-state index >= 15 is 0 Å². The van der Waals surface area contributed by atoms with Crippen molar-refractivity contribution in [2.45, 2.75) is 6.61 Å². The molecule has 1 aromatic heterocycles. The van der Waals surface area contributed by atoms with Gasteiger partial charge < -0.3 is 4.74 Å². The van der Waals surface area contributed by atoms with Crippen LogP contribution in [0.4, 0.5) is 8.78 Å². The predicted octanol–water partition coefficient (Wildman–Crippen LogP) is 3.68. The molecule has 0 amide bonds. The minimum absolute atomic E-state index is 0.0662. The zero-order valence-electron chi connectivity index (χ0n) is 9.52. The summed E-state index contributed by atoms with van der Waals surface area (Å²) in [4.78, 5) is 16.0. The van der Waals surface area contributed by atoms with Crippen LogP contribution < -0.4 is 4.74 Å². The Morgan fingerprint density at radius 3 is 2.74 bits per heavy atom. The first-order valence-corrected chi connectivity index (χ1v) is 6.06. The van der Waals surface area contributed by atoms with Gasteiger partial charge in [-0.15, -0.1) is 0 Å². The lowest BCUT2D eigenvalue weighted by atomic mass is 10.0. The van der Waals surface area contributed by atoms with E-state index in [0.717, 1.165) is 0 Å². The molecule has 0 aliphatic heterocycles. The van der Waals surface area contributed by atoms with Crippen LogP contribution in [-0.4, -0.2) is 17.4 Å². The number of ketones is 1. The van der Waals surface area contributed by atoms with Crippen molar-refractivity contribution in [2.75, 3.05) is 0 Å². The Morgan fingerprint density at radius 2 is 2.11 bits per heavy atom. The molecule has 6 heteroatoms. The summed E-state index contributed by atoms with van der Waals surface area (Å²) in [6, 6.07) is 7.50. The maximum atomic E-state index is 12.3. The SMILES string of the molecule is O=C(c1cccnc1)c1ccc(Br)cc1OC(F)F. The van der Waals surface area contributed by atoms with Gasteiger partial charge in [-0.2, -0.15) is 8.78 Å². The van der Waals surface area contributed by atoms with Crippen LogP contribution in [0.2, 0.25) is 0 Å². The first-order chi connectivity index (χ1) is 9.08. The van der Waals surface area contributed by atoms with Gasteiger partial charge in [0, 0.05) is 22.4 Å². The fourth-order valence-corrected chi connectivity index (χ4v) is 1.87. The van der Waals surface area contributed by atoms with E-state index < -0.39 is 12.4 Å². The monoisotopic (exact) mass is 327 g/mol. The second kappa shape index (κ2) is 5.88. The number of benzene rings is 1. The number of hydrogen-bond donors (Lipinski definition) is 0. The van der Waals surface area contributed by atoms with E-state index in [1.54, 1.807) is 18.2 Å². The summed E-state index contributed by atoms with van der Waals surface area (Å²) in [7, 11) is 0. The minimum atomic E-state index is -2.99. The number of ether oxygens (including phenoxy) is 1. The van der Waals surface area contributed by atoms with Crippen molar-refractivity contribution in [3.63, 3.8) is 0 Å². The summed E-state index contributed by atoms with van der Waals surface area (Å²) in [5.41, 5.74) is 0.375. The molecule has 2 aromatic rings. The molecular weight excluding hydrogens is 320 g/mol. The summed E-state index contributed by atoms with van der Waals surface area (Å²) >= 11 is 3.14. The van der Waals surface area contributed by atoms with Gasteiger partial charge in [0.1, 0.15) is 5.75 Å². The number of alkyl halides is 2. The number of rotatable bonds is 4. The molecule has 19 heavy (non-hydrogen) atoms. The van der Waals surface area contributed by atoms with E-state index in [1.165, 1.54) is 24.5 Å². The van der Waals surface area contributed by atoms with Crippen LogP contribution in [0.5, 0.6) is 5.75 Å². The number of halogens is 3. The molecule has 0 N–H and O–H groups in total. The molecule has 1 heterocycles. The molecule has 0 spiro atoms. The largest absolute Gasteiger partial charge is 0.434 e. The fraction of sp³-hybridized carbons (Fsp3) is 0.0769. The highest BCUT2D eigenvalue weighted by atomic mass is 79.9. The number of aromatic nitrogens is 1. The highest BCUT2D eigenvalue weighted by molar-refractivity contribution is 9.10. The van der Waals surface area contributed by atoms with Crippen LogP contribution in [0, 0.1) is 0 Å². The van der Waals surface area contributed by atoms with Crippen molar-refractivity contribution in [1.82, 2.24) is 4.98 Å². The maximum Gasteiger partial charge on any atom is 0.387 e. The van der Waals surface area contributed by atoms with Crippen molar-refractivity contribution in [3.05, 3.63) is 58.3 Å². The van der Waals surface area contributed by atoms with Crippen molar-refractivity contribution < 1.29 is 18.3 Å². The molecule has 0 aliphatic carbocycles. The van der Waals surface area contributed by atoms with E-state index in [-0.39, 0.29) is 11.3 Å². The van der Waals surface area contributed by atoms with Crippen molar-refractivity contribution in [2.24, 2.45) is 0 Å². The fourth-order valence-electron chi connectivity index (χ4n) is 1.53. The quantitative estimate of drug-likeness (QED) is 0.804. The molecule has 0 radical (unpaired) electrons. The van der Waals surface area contributed by atoms with Crippen LogP contribution in [0.25, 0.3) is 0 Å². The molecule has 98 valence electrons. The van der Waals surface area contributed by atoms with Crippen LogP contribution in [0.3, 0.4) is 0 Å². The lowest BCUT2D eigenvalue weighted by molar-refractivity contribution is -0.0501. The van der Waals surface area contributed by atoms with Crippen molar-refractivity contribution >= 4 is 21.7 Å². The standard InChI is InChI=1S/C13H8BrF2NO2/c14-9-3-4-10(11(6-9)19-13(15)16)12(18)8-2-1-5-17-7-8/h1-7,13H. The number of hydrogen-bond acceptors (Lipinski definition) is 3. The van der Waals surface area contributed by atoms with Gasteiger partial charge in [0.25, 0.3) is 0 Å². The second-order valence-electron chi connectivity index (χ2n) is 3.59. The first kappa shape index (κ1) is 13.6. The lowest BCUT2D eigenvalue weighted by Crippen LogP contribution is -2.09. The Kier molecular flexibility index (Phi) is 4.21. The summed E-state index contributed by atoms with van der Waals surface area (Å²) in [6.45, 7) is -2.99. The maximum absolute atomic E-state index is 12.3. The average molecular weight is 328 g/mol. The molecule has 1 aromatic carbocycles. The van der Waals surface area contributed by atoms with E-state index in [2.05, 4.69) is 25.7 Å². The molecule has 0 unspecified atom stereocenters. The lowest BCUT2D eigenvalue weighted by Gasteiger charge is -2.10. The highest BCUT2D eigenvalue weighted by Crippen LogP contribution is 2.27. The number of carbonyl (C=O) groups is 1. The molecule has 0 fully saturated rings. The third-order valence-corrected chi connectivity index (χ3v) is 2.82. The van der Waals surface area contributed by atoms with E-state index in [9.17, 15) is 13.6 Å². The summed E-state index contributed by atoms with van der Waals surface area (Å²) < 4.78 is 29.6. The summed E-state index contributed by atoms with van der Waals surface area (Å²) in [5, 5.41) is 0. The van der Waals surface area contributed by atoms with Gasteiger partial charge in [0.15, 0.2) is 5.78 Å². The van der Waals surface area contributed by atoms with Crippen LogP contribution in [0.15, 0.2) is 47.2 Å². The smallest absolute Gasteiger partial charge is 0.387 e. The molecule has 0 bridgehead atoms. The van der Waals surface area contributed by atoms with Gasteiger partial charge >= 0.3 is 6.61 Å². The van der Waals surface area contributed by atoms with Gasteiger partial charge in [-0.3, -0.25) is 9.78 Å². The van der Waals surface area contributed by atoms with Gasteiger partial charge in [-0.25, -0.2) is 0 Å². The summed E-state index contributed by atoms with van der Waals surface area (Å²) in [5.74, 6) is -0.588. The van der Waals surface area contributed by atoms with E-state index in [0.29, 0.717) is 10.0 Å². The summed E-state index contributed by atoms with van der Waals surface area (Å²) in [6.07, 6.45) is 2.89. The van der Waals surface area contributed by atoms with Gasteiger partial charge in [-0.05, 0) is 30.3 Å². The zero-order valence-corrected chi connectivity index (χ0v) is 11.1. The van der Waals surface area contributed by atoms with E-state index in [4.69, 9.17) is 0 Å². The minimum Gasteiger partial charge on any atom is -0.434 e. The van der Waals surface area contributed by atoms with Crippen molar-refractivity contribution in [3.8, 4) is 5.75 Å². The number of carbonyl (C=O) groups excluding carboxylic acids is 1. The Labute approximate surface area is 116 Å². The zero-order chi connectivity index (χ0) is 13.8. The molecule has 2 rings (SSSR count). The normalized spacial score (nSPS) is 10.5. The molecule has 0 saturated heterocycles. The van der Waals surface area contributed by atoms with Crippen LogP contribution in [-0.2, 0) is 0 Å².